The maximum atomic E-state index is 11.1. The van der Waals surface area contributed by atoms with E-state index in [0.29, 0.717) is 5.75 Å². The summed E-state index contributed by atoms with van der Waals surface area (Å²) >= 11 is 0. The molecule has 9 heavy (non-hydrogen) atoms. The quantitative estimate of drug-likeness (QED) is 0.471. The maximum absolute atomic E-state index is 11.1. The lowest BCUT2D eigenvalue weighted by molar-refractivity contribution is 0.683. The van der Waals surface area contributed by atoms with Crippen LogP contribution >= 0.6 is 0 Å². The topological polar surface area (TPSA) is 53.2 Å². The van der Waals surface area contributed by atoms with Crippen LogP contribution in [0, 0.1) is 11.5 Å². The Balaban J connectivity index is 3.05. The minimum atomic E-state index is -2.22. The molecule has 0 amide bonds. The number of hydrogen-bond acceptors (Lipinski definition) is 3. The summed E-state index contributed by atoms with van der Waals surface area (Å²) in [6.07, 6.45) is 4.12. The van der Waals surface area contributed by atoms with Crippen molar-refractivity contribution in [2.24, 2.45) is 4.36 Å². The van der Waals surface area contributed by atoms with Crippen molar-refractivity contribution >= 4 is 9.73 Å². The molecule has 0 aromatic rings. The molecule has 0 aromatic carbocycles. The van der Waals surface area contributed by atoms with Crippen molar-refractivity contribution in [2.75, 3.05) is 5.75 Å². The standard InChI is InChI=1S/C5H6N2OS/c6-5-7-9(8)3-1-2-4-9/h1,3H,2,4H2. The van der Waals surface area contributed by atoms with Gasteiger partial charge in [-0.2, -0.15) is 5.26 Å². The van der Waals surface area contributed by atoms with Crippen molar-refractivity contribution < 1.29 is 4.21 Å². The van der Waals surface area contributed by atoms with Gasteiger partial charge in [-0.15, -0.1) is 4.36 Å². The molecule has 0 aliphatic carbocycles. The fourth-order valence-electron chi connectivity index (χ4n) is 0.669. The molecule has 0 aromatic heterocycles. The predicted octanol–water partition coefficient (Wildman–Crippen LogP) is 0.853. The predicted molar refractivity (Wildman–Crippen MR) is 34.8 cm³/mol. The summed E-state index contributed by atoms with van der Waals surface area (Å²) in [5.74, 6) is 0.514. The lowest BCUT2D eigenvalue weighted by Crippen LogP contribution is -1.93. The van der Waals surface area contributed by atoms with Gasteiger partial charge in [0.15, 0.2) is 0 Å². The Bertz CT molecular complexity index is 278. The normalized spacial score (nSPS) is 31.9. The molecule has 1 aliphatic rings. The molecular formula is C5H6N2OS. The third-order valence-corrected chi connectivity index (χ3v) is 2.91. The molecule has 3 nitrogen and oxygen atoms in total. The first-order valence-corrected chi connectivity index (χ1v) is 4.31. The summed E-state index contributed by atoms with van der Waals surface area (Å²) in [7, 11) is -2.22. The minimum Gasteiger partial charge on any atom is -0.244 e. The van der Waals surface area contributed by atoms with Crippen LogP contribution in [-0.4, -0.2) is 9.96 Å². The molecular weight excluding hydrogens is 136 g/mol. The van der Waals surface area contributed by atoms with Crippen molar-refractivity contribution in [2.45, 2.75) is 6.42 Å². The Morgan fingerprint density at radius 1 is 1.78 bits per heavy atom. The van der Waals surface area contributed by atoms with E-state index in [1.165, 1.54) is 5.41 Å². The molecule has 0 radical (unpaired) electrons. The molecule has 1 rings (SSSR count). The Morgan fingerprint density at radius 2 is 2.56 bits per heavy atom. The van der Waals surface area contributed by atoms with E-state index in [2.05, 4.69) is 4.36 Å². The van der Waals surface area contributed by atoms with E-state index in [0.717, 1.165) is 6.42 Å². The molecule has 1 atom stereocenters. The van der Waals surface area contributed by atoms with Gasteiger partial charge in [0.2, 0.25) is 6.19 Å². The van der Waals surface area contributed by atoms with Crippen LogP contribution in [-0.2, 0) is 9.73 Å². The molecule has 4 heteroatoms. The summed E-state index contributed by atoms with van der Waals surface area (Å²) in [4.78, 5) is 0. The number of hydrogen-bond donors (Lipinski definition) is 0. The number of nitrogens with zero attached hydrogens (tertiary/aromatic N) is 2. The van der Waals surface area contributed by atoms with Crippen molar-refractivity contribution in [3.8, 4) is 6.19 Å². The fraction of sp³-hybridized carbons (Fsp3) is 0.400. The second-order valence-electron chi connectivity index (χ2n) is 1.75. The Kier molecular flexibility index (Phi) is 1.54. The Hall–Kier alpha value is -0.820. The van der Waals surface area contributed by atoms with Crippen LogP contribution < -0.4 is 0 Å². The zero-order valence-electron chi connectivity index (χ0n) is 4.78. The van der Waals surface area contributed by atoms with Gasteiger partial charge in [-0.25, -0.2) is 4.21 Å². The van der Waals surface area contributed by atoms with Crippen LogP contribution in [0.2, 0.25) is 0 Å². The van der Waals surface area contributed by atoms with Gasteiger partial charge >= 0.3 is 0 Å². The van der Waals surface area contributed by atoms with Crippen LogP contribution in [0.15, 0.2) is 15.8 Å². The molecule has 0 fully saturated rings. The van der Waals surface area contributed by atoms with Gasteiger partial charge in [-0.05, 0) is 6.42 Å². The Labute approximate surface area is 54.2 Å². The molecule has 48 valence electrons. The third kappa shape index (κ3) is 1.30. The van der Waals surface area contributed by atoms with Crippen LogP contribution in [0.25, 0.3) is 0 Å². The molecule has 1 heterocycles. The highest BCUT2D eigenvalue weighted by atomic mass is 32.2. The van der Waals surface area contributed by atoms with E-state index >= 15 is 0 Å². The third-order valence-electron chi connectivity index (χ3n) is 1.08. The molecule has 0 bridgehead atoms. The van der Waals surface area contributed by atoms with Crippen LogP contribution in [0.1, 0.15) is 6.42 Å². The first-order chi connectivity index (χ1) is 4.27. The average molecular weight is 142 g/mol. The van der Waals surface area contributed by atoms with Gasteiger partial charge in [0.25, 0.3) is 0 Å². The molecule has 1 aliphatic heterocycles. The monoisotopic (exact) mass is 142 g/mol. The van der Waals surface area contributed by atoms with Crippen LogP contribution in [0.3, 0.4) is 0 Å². The SMILES string of the molecule is N#CN=S1(=O)C=CCC1. The number of rotatable bonds is 0. The zero-order valence-corrected chi connectivity index (χ0v) is 5.60. The summed E-state index contributed by atoms with van der Waals surface area (Å²) in [6, 6.07) is 0. The smallest absolute Gasteiger partial charge is 0.214 e. The van der Waals surface area contributed by atoms with Gasteiger partial charge in [-0.3, -0.25) is 0 Å². The highest BCUT2D eigenvalue weighted by molar-refractivity contribution is 7.96. The minimum absolute atomic E-state index is 0.514. The molecule has 0 N–H and O–H groups in total. The van der Waals surface area contributed by atoms with E-state index < -0.39 is 9.73 Å². The first kappa shape index (κ1) is 6.30. The van der Waals surface area contributed by atoms with Crippen molar-refractivity contribution in [3.05, 3.63) is 11.5 Å². The molecule has 0 spiro atoms. The van der Waals surface area contributed by atoms with Gasteiger partial charge in [0.1, 0.15) is 0 Å². The maximum Gasteiger partial charge on any atom is 0.214 e. The van der Waals surface area contributed by atoms with Gasteiger partial charge < -0.3 is 0 Å². The molecule has 1 unspecified atom stereocenters. The van der Waals surface area contributed by atoms with Crippen molar-refractivity contribution in [1.29, 1.82) is 5.26 Å². The summed E-state index contributed by atoms with van der Waals surface area (Å²) in [6.45, 7) is 0. The van der Waals surface area contributed by atoms with Gasteiger partial charge in [0, 0.05) is 11.2 Å². The first-order valence-electron chi connectivity index (χ1n) is 2.56. The van der Waals surface area contributed by atoms with Crippen molar-refractivity contribution in [1.82, 2.24) is 0 Å². The highest BCUT2D eigenvalue weighted by Gasteiger charge is 2.07. The second-order valence-corrected chi connectivity index (χ2v) is 3.99. The van der Waals surface area contributed by atoms with E-state index in [4.69, 9.17) is 5.26 Å². The van der Waals surface area contributed by atoms with E-state index in [9.17, 15) is 4.21 Å². The summed E-state index contributed by atoms with van der Waals surface area (Å²) in [5.41, 5.74) is 0. The fourth-order valence-corrected chi connectivity index (χ4v) is 2.01. The largest absolute Gasteiger partial charge is 0.244 e. The van der Waals surface area contributed by atoms with Crippen molar-refractivity contribution in [3.63, 3.8) is 0 Å². The lowest BCUT2D eigenvalue weighted by Gasteiger charge is -1.88. The summed E-state index contributed by atoms with van der Waals surface area (Å²) in [5, 5.41) is 9.59. The van der Waals surface area contributed by atoms with E-state index in [1.54, 1.807) is 12.3 Å². The Morgan fingerprint density at radius 3 is 3.00 bits per heavy atom. The van der Waals surface area contributed by atoms with E-state index in [-0.39, 0.29) is 0 Å². The van der Waals surface area contributed by atoms with Gasteiger partial charge in [0.05, 0.1) is 9.73 Å². The molecule has 0 saturated heterocycles. The van der Waals surface area contributed by atoms with Crippen LogP contribution in [0.5, 0.6) is 0 Å². The zero-order chi connectivity index (χ0) is 6.74. The molecule has 0 saturated carbocycles. The lowest BCUT2D eigenvalue weighted by atomic mass is 10.5. The number of nitriles is 1. The highest BCUT2D eigenvalue weighted by Crippen LogP contribution is 2.09. The van der Waals surface area contributed by atoms with Crippen LogP contribution in [0.4, 0.5) is 0 Å². The second kappa shape index (κ2) is 2.19. The average Bonchev–Trinajstić information content (AvgIpc) is 2.16. The van der Waals surface area contributed by atoms with Gasteiger partial charge in [-0.1, -0.05) is 6.08 Å². The van der Waals surface area contributed by atoms with E-state index in [1.807, 2.05) is 0 Å². The summed E-state index contributed by atoms with van der Waals surface area (Å²) < 4.78 is 14.4. The number of allylic oxidation sites excluding steroid dienone is 1.